The van der Waals surface area contributed by atoms with E-state index in [2.05, 4.69) is 9.39 Å². The van der Waals surface area contributed by atoms with E-state index in [9.17, 15) is 4.79 Å². The van der Waals surface area contributed by atoms with Gasteiger partial charge in [0, 0.05) is 10.6 Å². The second kappa shape index (κ2) is 7.62. The smallest absolute Gasteiger partial charge is 0.283 e. The maximum atomic E-state index is 12.4. The number of rotatable bonds is 3. The van der Waals surface area contributed by atoms with Crippen molar-refractivity contribution in [2.24, 2.45) is 9.39 Å². The van der Waals surface area contributed by atoms with Crippen molar-refractivity contribution >= 4 is 63.5 Å². The summed E-state index contributed by atoms with van der Waals surface area (Å²) in [5.74, 6) is 1.48. The third-order valence-electron chi connectivity index (χ3n) is 4.14. The van der Waals surface area contributed by atoms with Gasteiger partial charge in [0.05, 0.1) is 17.5 Å². The number of nitrogens with one attached hydrogen (secondary N) is 1. The molecular formula is C19H15ClN4O2S2. The van der Waals surface area contributed by atoms with Crippen molar-refractivity contribution in [3.8, 4) is 11.3 Å². The Bertz CT molecular complexity index is 1090. The Labute approximate surface area is 175 Å². The maximum absolute atomic E-state index is 12.4. The van der Waals surface area contributed by atoms with Gasteiger partial charge in [-0.25, -0.2) is 4.90 Å². The second-order valence-electron chi connectivity index (χ2n) is 6.01. The van der Waals surface area contributed by atoms with E-state index < -0.39 is 5.91 Å². The van der Waals surface area contributed by atoms with Crippen LogP contribution in [0.1, 0.15) is 18.2 Å². The molecular weight excluding hydrogens is 416 g/mol. The van der Waals surface area contributed by atoms with E-state index >= 15 is 0 Å². The summed E-state index contributed by atoms with van der Waals surface area (Å²) in [5.41, 5.74) is 1.99. The predicted octanol–water partition coefficient (Wildman–Crippen LogP) is 5.24. The van der Waals surface area contributed by atoms with Crippen molar-refractivity contribution in [1.82, 2.24) is 4.90 Å². The molecule has 0 saturated heterocycles. The van der Waals surface area contributed by atoms with Crippen molar-refractivity contribution in [2.75, 3.05) is 5.75 Å². The van der Waals surface area contributed by atoms with E-state index in [-0.39, 0.29) is 11.4 Å². The topological polar surface area (TPSA) is 82.0 Å². The molecule has 2 aliphatic heterocycles. The quantitative estimate of drug-likeness (QED) is 0.532. The zero-order chi connectivity index (χ0) is 19.8. The fourth-order valence-electron chi connectivity index (χ4n) is 2.70. The standard InChI is InChI=1S/C19H15ClN4O2S2/c1-3-27-19-23-28-18-22-17(25)13(16(21)24(18)19)9-12-6-7-15(26-12)11-5-4-10(2)14(20)8-11/h4-9,21H,3H2,1-2H3/b13-9-,21-16?. The molecule has 1 aromatic heterocycles. The molecule has 0 aliphatic carbocycles. The third-order valence-corrected chi connectivity index (χ3v) is 6.18. The Balaban J connectivity index is 1.65. The van der Waals surface area contributed by atoms with E-state index in [4.69, 9.17) is 21.4 Å². The molecule has 0 unspecified atom stereocenters. The number of hydrogen-bond donors (Lipinski definition) is 1. The predicted molar refractivity (Wildman–Crippen MR) is 117 cm³/mol. The number of carbonyl (C=O) groups excluding carboxylic acids is 1. The number of amidine groups is 3. The van der Waals surface area contributed by atoms with Crippen LogP contribution in [0.3, 0.4) is 0 Å². The van der Waals surface area contributed by atoms with Crippen LogP contribution in [0, 0.1) is 12.3 Å². The first-order valence-electron chi connectivity index (χ1n) is 8.46. The van der Waals surface area contributed by atoms with Crippen LogP contribution < -0.4 is 0 Å². The lowest BCUT2D eigenvalue weighted by Gasteiger charge is -2.23. The minimum atomic E-state index is -0.474. The highest BCUT2D eigenvalue weighted by atomic mass is 35.5. The third kappa shape index (κ3) is 3.43. The Morgan fingerprint density at radius 3 is 2.93 bits per heavy atom. The molecule has 142 valence electrons. The maximum Gasteiger partial charge on any atom is 0.283 e. The average Bonchev–Trinajstić information content (AvgIpc) is 3.29. The minimum absolute atomic E-state index is 0.0519. The number of thioether (sulfide) groups is 1. The van der Waals surface area contributed by atoms with Gasteiger partial charge in [0.2, 0.25) is 5.17 Å². The van der Waals surface area contributed by atoms with Gasteiger partial charge in [-0.2, -0.15) is 9.39 Å². The summed E-state index contributed by atoms with van der Waals surface area (Å²) in [7, 11) is 0. The molecule has 0 atom stereocenters. The summed E-state index contributed by atoms with van der Waals surface area (Å²) in [6, 6.07) is 9.25. The summed E-state index contributed by atoms with van der Waals surface area (Å²) < 4.78 is 10.1. The van der Waals surface area contributed by atoms with Gasteiger partial charge in [-0.05, 0) is 42.5 Å². The Morgan fingerprint density at radius 2 is 2.18 bits per heavy atom. The number of amides is 1. The van der Waals surface area contributed by atoms with E-state index in [0.29, 0.717) is 26.9 Å². The number of furan rings is 1. The fourth-order valence-corrected chi connectivity index (χ4v) is 4.45. The first-order valence-corrected chi connectivity index (χ1v) is 10.6. The summed E-state index contributed by atoms with van der Waals surface area (Å²) in [5, 5.41) is 10.2. The van der Waals surface area contributed by atoms with Crippen molar-refractivity contribution in [3.05, 3.63) is 52.3 Å². The number of halogens is 1. The van der Waals surface area contributed by atoms with Crippen LogP contribution in [0.15, 0.2) is 49.7 Å². The lowest BCUT2D eigenvalue weighted by molar-refractivity contribution is -0.114. The molecule has 1 aromatic carbocycles. The van der Waals surface area contributed by atoms with Crippen LogP contribution in [0.5, 0.6) is 0 Å². The fraction of sp³-hybridized carbons (Fsp3) is 0.158. The van der Waals surface area contributed by atoms with Crippen molar-refractivity contribution < 1.29 is 9.21 Å². The van der Waals surface area contributed by atoms with Gasteiger partial charge in [0.1, 0.15) is 17.4 Å². The molecule has 0 bridgehead atoms. The van der Waals surface area contributed by atoms with Crippen LogP contribution in [0.25, 0.3) is 17.4 Å². The van der Waals surface area contributed by atoms with Gasteiger partial charge >= 0.3 is 0 Å². The van der Waals surface area contributed by atoms with Crippen LogP contribution >= 0.6 is 35.3 Å². The summed E-state index contributed by atoms with van der Waals surface area (Å²) in [6.07, 6.45) is 1.54. The molecule has 0 radical (unpaired) electrons. The van der Waals surface area contributed by atoms with Gasteiger partial charge in [-0.3, -0.25) is 10.2 Å². The Morgan fingerprint density at radius 1 is 1.36 bits per heavy atom. The molecule has 0 saturated carbocycles. The zero-order valence-corrected chi connectivity index (χ0v) is 17.4. The van der Waals surface area contributed by atoms with Gasteiger partial charge < -0.3 is 4.42 Å². The number of nitrogens with zero attached hydrogens (tertiary/aromatic N) is 3. The number of aliphatic imine (C=N–C) groups is 1. The molecule has 1 N–H and O–H groups in total. The van der Waals surface area contributed by atoms with Crippen LogP contribution in [-0.2, 0) is 4.79 Å². The number of hydrogen-bond acceptors (Lipinski definition) is 6. The lowest BCUT2D eigenvalue weighted by Crippen LogP contribution is -2.41. The Kier molecular flexibility index (Phi) is 5.18. The average molecular weight is 431 g/mol. The first-order chi connectivity index (χ1) is 13.5. The van der Waals surface area contributed by atoms with Crippen molar-refractivity contribution in [2.45, 2.75) is 13.8 Å². The molecule has 2 aromatic rings. The van der Waals surface area contributed by atoms with Gasteiger partial charge in [-0.1, -0.05) is 42.4 Å². The van der Waals surface area contributed by atoms with Gasteiger partial charge in [0.15, 0.2) is 5.17 Å². The Hall–Kier alpha value is -2.29. The summed E-state index contributed by atoms with van der Waals surface area (Å²) >= 11 is 8.81. The molecule has 0 fully saturated rings. The van der Waals surface area contributed by atoms with E-state index in [1.165, 1.54) is 11.8 Å². The molecule has 1 amide bonds. The van der Waals surface area contributed by atoms with E-state index in [1.54, 1.807) is 17.0 Å². The normalized spacial score (nSPS) is 17.8. The number of fused-ring (bicyclic) bond motifs is 1. The largest absolute Gasteiger partial charge is 0.457 e. The molecule has 28 heavy (non-hydrogen) atoms. The van der Waals surface area contributed by atoms with Gasteiger partial charge in [0.25, 0.3) is 5.91 Å². The van der Waals surface area contributed by atoms with Gasteiger partial charge in [-0.15, -0.1) is 0 Å². The van der Waals surface area contributed by atoms with Crippen LogP contribution in [0.4, 0.5) is 0 Å². The highest BCUT2D eigenvalue weighted by Gasteiger charge is 2.37. The minimum Gasteiger partial charge on any atom is -0.457 e. The molecule has 0 spiro atoms. The van der Waals surface area contributed by atoms with Crippen LogP contribution in [-0.4, -0.2) is 32.7 Å². The number of benzene rings is 1. The lowest BCUT2D eigenvalue weighted by atomic mass is 10.1. The molecule has 6 nitrogen and oxygen atoms in total. The highest BCUT2D eigenvalue weighted by Crippen LogP contribution is 2.32. The monoisotopic (exact) mass is 430 g/mol. The molecule has 2 aliphatic rings. The highest BCUT2D eigenvalue weighted by molar-refractivity contribution is 8.19. The van der Waals surface area contributed by atoms with Crippen LogP contribution in [0.2, 0.25) is 5.02 Å². The molecule has 3 heterocycles. The zero-order valence-electron chi connectivity index (χ0n) is 15.0. The van der Waals surface area contributed by atoms with E-state index in [0.717, 1.165) is 28.8 Å². The second-order valence-corrected chi connectivity index (χ2v) is 8.37. The number of aryl methyl sites for hydroxylation is 1. The summed E-state index contributed by atoms with van der Waals surface area (Å²) in [6.45, 7) is 3.94. The molecule has 4 rings (SSSR count). The summed E-state index contributed by atoms with van der Waals surface area (Å²) in [4.78, 5) is 18.1. The van der Waals surface area contributed by atoms with E-state index in [1.807, 2.05) is 38.1 Å². The van der Waals surface area contributed by atoms with Crippen molar-refractivity contribution in [3.63, 3.8) is 0 Å². The SMILES string of the molecule is CCSC1=NSC2=NC(=O)/C(=C\c3ccc(-c4ccc(C)c(Cl)c4)o3)C(=N)N12. The first kappa shape index (κ1) is 19.0. The van der Waals surface area contributed by atoms with Crippen molar-refractivity contribution in [1.29, 1.82) is 5.41 Å². The molecule has 9 heteroatoms. The number of carbonyl (C=O) groups is 1.